The highest BCUT2D eigenvalue weighted by atomic mass is 35.5. The van der Waals surface area contributed by atoms with Gasteiger partial charge in [0.2, 0.25) is 0 Å². The summed E-state index contributed by atoms with van der Waals surface area (Å²) in [7, 11) is 0. The molecule has 2 aromatic carbocycles. The minimum absolute atomic E-state index is 0.0386. The largest absolute Gasteiger partial charge is 0.470 e. The van der Waals surface area contributed by atoms with Crippen LogP contribution in [0.5, 0.6) is 17.2 Å². The van der Waals surface area contributed by atoms with Crippen LogP contribution in [0.4, 0.5) is 11.4 Å². The normalized spacial score (nSPS) is 10.5. The van der Waals surface area contributed by atoms with E-state index in [9.17, 15) is 14.9 Å². The number of carbonyl (C=O) groups is 1. The summed E-state index contributed by atoms with van der Waals surface area (Å²) in [6, 6.07) is 15.8. The summed E-state index contributed by atoms with van der Waals surface area (Å²) in [5.74, 6) is 0.497. The molecule has 0 saturated heterocycles. The number of ether oxygens (including phenoxy) is 2. The number of aromatic nitrogens is 3. The van der Waals surface area contributed by atoms with Crippen LogP contribution in [0.1, 0.15) is 10.5 Å². The van der Waals surface area contributed by atoms with Crippen molar-refractivity contribution in [3.8, 4) is 17.2 Å². The highest BCUT2D eigenvalue weighted by Gasteiger charge is 2.16. The SMILES string of the molecule is O=C(Nc1cc(Oc2cccnc2)cc([N+](=O)[O-])c1)c1ccn(COc2ccccc2Cl)n1. The molecule has 0 fully saturated rings. The van der Waals surface area contributed by atoms with E-state index in [4.69, 9.17) is 21.1 Å². The zero-order valence-electron chi connectivity index (χ0n) is 16.9. The quantitative estimate of drug-likeness (QED) is 0.289. The first-order chi connectivity index (χ1) is 16.0. The van der Waals surface area contributed by atoms with Crippen LogP contribution in [0.3, 0.4) is 0 Å². The Bertz CT molecular complexity index is 1300. The van der Waals surface area contributed by atoms with Crippen molar-refractivity contribution in [3.05, 3.63) is 100 Å². The van der Waals surface area contributed by atoms with Gasteiger partial charge in [-0.1, -0.05) is 23.7 Å². The number of anilines is 1. The van der Waals surface area contributed by atoms with Crippen LogP contribution in [0.2, 0.25) is 5.02 Å². The smallest absolute Gasteiger partial charge is 0.276 e. The van der Waals surface area contributed by atoms with E-state index >= 15 is 0 Å². The monoisotopic (exact) mass is 465 g/mol. The predicted octanol–water partition coefficient (Wildman–Crippen LogP) is 4.92. The number of nitro groups is 1. The van der Waals surface area contributed by atoms with E-state index in [2.05, 4.69) is 15.4 Å². The molecular formula is C22H16ClN5O5. The second-order valence-electron chi connectivity index (χ2n) is 6.66. The zero-order valence-corrected chi connectivity index (χ0v) is 17.7. The van der Waals surface area contributed by atoms with E-state index in [1.165, 1.54) is 35.1 Å². The summed E-state index contributed by atoms with van der Waals surface area (Å²) >= 11 is 6.05. The predicted molar refractivity (Wildman–Crippen MR) is 120 cm³/mol. The van der Waals surface area contributed by atoms with E-state index < -0.39 is 10.8 Å². The fourth-order valence-electron chi connectivity index (χ4n) is 2.81. The fourth-order valence-corrected chi connectivity index (χ4v) is 3.00. The number of amides is 1. The number of halogens is 1. The molecule has 166 valence electrons. The van der Waals surface area contributed by atoms with Gasteiger partial charge in [0.15, 0.2) is 12.4 Å². The Balaban J connectivity index is 1.46. The van der Waals surface area contributed by atoms with Crippen molar-refractivity contribution < 1.29 is 19.2 Å². The molecule has 2 heterocycles. The van der Waals surface area contributed by atoms with Gasteiger partial charge in [-0.25, -0.2) is 4.68 Å². The lowest BCUT2D eigenvalue weighted by molar-refractivity contribution is -0.384. The van der Waals surface area contributed by atoms with Gasteiger partial charge < -0.3 is 14.8 Å². The number of pyridine rings is 1. The van der Waals surface area contributed by atoms with Crippen molar-refractivity contribution in [1.29, 1.82) is 0 Å². The van der Waals surface area contributed by atoms with E-state index in [1.54, 1.807) is 48.8 Å². The maximum absolute atomic E-state index is 12.6. The molecule has 0 saturated carbocycles. The van der Waals surface area contributed by atoms with Crippen LogP contribution in [0.15, 0.2) is 79.3 Å². The van der Waals surface area contributed by atoms with Crippen molar-refractivity contribution in [2.75, 3.05) is 5.32 Å². The third-order valence-corrected chi connectivity index (χ3v) is 4.60. The lowest BCUT2D eigenvalue weighted by atomic mass is 10.2. The molecule has 0 unspecified atom stereocenters. The van der Waals surface area contributed by atoms with Crippen molar-refractivity contribution in [2.24, 2.45) is 0 Å². The van der Waals surface area contributed by atoms with Crippen LogP contribution in [0, 0.1) is 10.1 Å². The molecule has 4 aromatic rings. The van der Waals surface area contributed by atoms with Gasteiger partial charge in [0.1, 0.15) is 17.2 Å². The van der Waals surface area contributed by atoms with Crippen molar-refractivity contribution in [3.63, 3.8) is 0 Å². The summed E-state index contributed by atoms with van der Waals surface area (Å²) in [5, 5.41) is 18.5. The molecule has 0 aliphatic heterocycles. The second kappa shape index (κ2) is 9.79. The number of carbonyl (C=O) groups excluding carboxylic acids is 1. The average Bonchev–Trinajstić information content (AvgIpc) is 3.28. The van der Waals surface area contributed by atoms with Gasteiger partial charge in [0, 0.05) is 24.5 Å². The Morgan fingerprint density at radius 3 is 2.73 bits per heavy atom. The summed E-state index contributed by atoms with van der Waals surface area (Å²) in [4.78, 5) is 27.3. The number of nitro benzene ring substituents is 1. The highest BCUT2D eigenvalue weighted by molar-refractivity contribution is 6.32. The highest BCUT2D eigenvalue weighted by Crippen LogP contribution is 2.29. The first-order valence-electron chi connectivity index (χ1n) is 9.57. The van der Waals surface area contributed by atoms with E-state index in [-0.39, 0.29) is 29.5 Å². The van der Waals surface area contributed by atoms with Crippen LogP contribution >= 0.6 is 11.6 Å². The van der Waals surface area contributed by atoms with E-state index in [0.717, 1.165) is 0 Å². The Kier molecular flexibility index (Phi) is 6.46. The third-order valence-electron chi connectivity index (χ3n) is 4.29. The van der Waals surface area contributed by atoms with Gasteiger partial charge in [0.05, 0.1) is 27.9 Å². The molecule has 0 bridgehead atoms. The average molecular weight is 466 g/mol. The Morgan fingerprint density at radius 1 is 1.12 bits per heavy atom. The molecule has 11 heteroatoms. The maximum Gasteiger partial charge on any atom is 0.276 e. The lowest BCUT2D eigenvalue weighted by Crippen LogP contribution is -2.14. The Hall–Kier alpha value is -4.44. The van der Waals surface area contributed by atoms with Crippen molar-refractivity contribution >= 4 is 28.9 Å². The standard InChI is InChI=1S/C22H16ClN5O5/c23-19-5-1-2-6-21(19)32-14-27-9-7-20(26-27)22(29)25-15-10-16(28(30)31)12-18(11-15)33-17-4-3-8-24-13-17/h1-13H,14H2,(H,25,29). The third kappa shape index (κ3) is 5.63. The van der Waals surface area contributed by atoms with Crippen LogP contribution < -0.4 is 14.8 Å². The zero-order chi connectivity index (χ0) is 23.2. The summed E-state index contributed by atoms with van der Waals surface area (Å²) in [6.45, 7) is 0.0386. The maximum atomic E-state index is 12.6. The second-order valence-corrected chi connectivity index (χ2v) is 7.07. The number of para-hydroxylation sites is 1. The first kappa shape index (κ1) is 21.8. The number of hydrogen-bond donors (Lipinski definition) is 1. The van der Waals surface area contributed by atoms with E-state index in [1.807, 2.05) is 0 Å². The minimum atomic E-state index is -0.577. The van der Waals surface area contributed by atoms with Gasteiger partial charge in [0.25, 0.3) is 11.6 Å². The Morgan fingerprint density at radius 2 is 1.97 bits per heavy atom. The fraction of sp³-hybridized carbons (Fsp3) is 0.0455. The lowest BCUT2D eigenvalue weighted by Gasteiger charge is -2.09. The molecule has 0 aliphatic rings. The molecule has 4 rings (SSSR count). The number of benzene rings is 2. The number of nitrogens with one attached hydrogen (secondary N) is 1. The van der Waals surface area contributed by atoms with Gasteiger partial charge in [-0.3, -0.25) is 19.9 Å². The minimum Gasteiger partial charge on any atom is -0.470 e. The number of rotatable bonds is 8. The van der Waals surface area contributed by atoms with Gasteiger partial charge in [-0.05, 0) is 30.3 Å². The number of hydrogen-bond acceptors (Lipinski definition) is 7. The molecule has 0 aliphatic carbocycles. The van der Waals surface area contributed by atoms with Gasteiger partial charge in [-0.2, -0.15) is 5.10 Å². The molecule has 10 nitrogen and oxygen atoms in total. The molecule has 0 spiro atoms. The van der Waals surface area contributed by atoms with Crippen LogP contribution in [-0.2, 0) is 6.73 Å². The Labute approximate surface area is 192 Å². The summed E-state index contributed by atoms with van der Waals surface area (Å²) in [5.41, 5.74) is 0.0271. The summed E-state index contributed by atoms with van der Waals surface area (Å²) in [6.07, 6.45) is 4.61. The first-order valence-corrected chi connectivity index (χ1v) is 9.95. The van der Waals surface area contributed by atoms with E-state index in [0.29, 0.717) is 16.5 Å². The van der Waals surface area contributed by atoms with Crippen LogP contribution in [-0.4, -0.2) is 25.6 Å². The topological polar surface area (TPSA) is 121 Å². The molecule has 1 N–H and O–H groups in total. The number of non-ortho nitro benzene ring substituents is 1. The molecule has 0 atom stereocenters. The van der Waals surface area contributed by atoms with Crippen LogP contribution in [0.25, 0.3) is 0 Å². The summed E-state index contributed by atoms with van der Waals surface area (Å²) < 4.78 is 12.6. The van der Waals surface area contributed by atoms with Gasteiger partial charge in [-0.15, -0.1) is 0 Å². The molecule has 1 amide bonds. The molecular weight excluding hydrogens is 450 g/mol. The molecule has 2 aromatic heterocycles. The molecule has 33 heavy (non-hydrogen) atoms. The number of nitrogens with zero attached hydrogens (tertiary/aromatic N) is 4. The molecule has 0 radical (unpaired) electrons. The van der Waals surface area contributed by atoms with Gasteiger partial charge >= 0.3 is 0 Å². The van der Waals surface area contributed by atoms with Crippen molar-refractivity contribution in [2.45, 2.75) is 6.73 Å². The van der Waals surface area contributed by atoms with Crippen molar-refractivity contribution in [1.82, 2.24) is 14.8 Å².